The summed E-state index contributed by atoms with van der Waals surface area (Å²) in [7, 11) is -1.96. The highest BCUT2D eigenvalue weighted by molar-refractivity contribution is 7.92. The first-order chi connectivity index (χ1) is 15.7. The average Bonchev–Trinajstić information content (AvgIpc) is 2.80. The molecule has 0 unspecified atom stereocenters. The van der Waals surface area contributed by atoms with Crippen LogP contribution in [0.2, 0.25) is 0 Å². The Labute approximate surface area is 197 Å². The van der Waals surface area contributed by atoms with Gasteiger partial charge in [0, 0.05) is 31.0 Å². The zero-order valence-corrected chi connectivity index (χ0v) is 20.7. The van der Waals surface area contributed by atoms with Crippen LogP contribution in [0.5, 0.6) is 11.5 Å². The minimum atomic E-state index is -3.50. The third kappa shape index (κ3) is 5.99. The van der Waals surface area contributed by atoms with Crippen LogP contribution in [0.4, 0.5) is 5.69 Å². The number of nitrogens with one attached hydrogen (secondary N) is 1. The molecule has 33 heavy (non-hydrogen) atoms. The molecule has 2 aromatic carbocycles. The van der Waals surface area contributed by atoms with Gasteiger partial charge in [-0.2, -0.15) is 0 Å². The number of carbonyl (C=O) groups excluding carboxylic acids is 1. The molecule has 0 bridgehead atoms. The number of para-hydroxylation sites is 1. The van der Waals surface area contributed by atoms with Crippen LogP contribution >= 0.6 is 0 Å². The molecule has 1 atom stereocenters. The van der Waals surface area contributed by atoms with E-state index in [1.165, 1.54) is 17.7 Å². The monoisotopic (exact) mass is 474 g/mol. The summed E-state index contributed by atoms with van der Waals surface area (Å²) in [5, 5.41) is 3.16. The first-order valence-electron chi connectivity index (χ1n) is 11.4. The molecule has 1 heterocycles. The lowest BCUT2D eigenvalue weighted by molar-refractivity contribution is -0.122. The molecule has 2 aromatic rings. The number of hydrogen-bond acceptors (Lipinski definition) is 5. The van der Waals surface area contributed by atoms with E-state index in [0.29, 0.717) is 24.3 Å². The lowest BCUT2D eigenvalue weighted by Crippen LogP contribution is -2.44. The number of hydrogen-bond donors (Lipinski definition) is 1. The van der Waals surface area contributed by atoms with Gasteiger partial charge in [0.05, 0.1) is 25.1 Å². The summed E-state index contributed by atoms with van der Waals surface area (Å²) < 4.78 is 37.6. The molecule has 0 saturated carbocycles. The van der Waals surface area contributed by atoms with E-state index in [2.05, 4.69) is 19.2 Å². The molecule has 180 valence electrons. The van der Waals surface area contributed by atoms with Gasteiger partial charge in [0.15, 0.2) is 0 Å². The van der Waals surface area contributed by atoms with Crippen molar-refractivity contribution >= 4 is 21.6 Å². The second kappa shape index (κ2) is 10.5. The summed E-state index contributed by atoms with van der Waals surface area (Å²) >= 11 is 0. The number of sulfonamides is 1. The summed E-state index contributed by atoms with van der Waals surface area (Å²) in [6, 6.07) is 14.6. The molecule has 3 rings (SSSR count). The third-order valence-corrected chi connectivity index (χ3v) is 7.52. The van der Waals surface area contributed by atoms with E-state index in [0.717, 1.165) is 24.2 Å². The number of anilines is 1. The van der Waals surface area contributed by atoms with Crippen LogP contribution in [-0.2, 0) is 14.8 Å². The predicted octanol–water partition coefficient (Wildman–Crippen LogP) is 4.44. The van der Waals surface area contributed by atoms with E-state index in [9.17, 15) is 13.2 Å². The topological polar surface area (TPSA) is 84.9 Å². The fourth-order valence-corrected chi connectivity index (χ4v) is 5.29. The van der Waals surface area contributed by atoms with Gasteiger partial charge < -0.3 is 14.8 Å². The van der Waals surface area contributed by atoms with Gasteiger partial charge in [0.1, 0.15) is 17.1 Å². The third-order valence-electron chi connectivity index (χ3n) is 6.33. The highest BCUT2D eigenvalue weighted by atomic mass is 32.2. The number of rotatable bonds is 10. The number of fused-ring (bicyclic) bond motifs is 1. The van der Waals surface area contributed by atoms with Crippen molar-refractivity contribution in [1.29, 1.82) is 0 Å². The zero-order valence-electron chi connectivity index (χ0n) is 19.8. The van der Waals surface area contributed by atoms with Crippen molar-refractivity contribution in [2.24, 2.45) is 0 Å². The van der Waals surface area contributed by atoms with Crippen molar-refractivity contribution in [2.45, 2.75) is 57.6 Å². The van der Waals surface area contributed by atoms with Crippen molar-refractivity contribution in [3.05, 3.63) is 54.1 Å². The van der Waals surface area contributed by atoms with Crippen LogP contribution in [0.3, 0.4) is 0 Å². The standard InChI is InChI=1S/C25H34N2O5S/c1-5-25(6-2)18-22(21-13-7-8-14-23(21)32-25)26-24(28)15-10-16-27(33(4,29)30)19-11-9-12-20(17-19)31-3/h7-9,11-14,17,22H,5-6,10,15-16,18H2,1-4H3,(H,26,28)/t22-/m0/s1. The molecule has 0 aromatic heterocycles. The quantitative estimate of drug-likeness (QED) is 0.550. The summed E-state index contributed by atoms with van der Waals surface area (Å²) in [4.78, 5) is 12.8. The van der Waals surface area contributed by atoms with Gasteiger partial charge in [-0.3, -0.25) is 9.10 Å². The Morgan fingerprint density at radius 1 is 1.18 bits per heavy atom. The van der Waals surface area contributed by atoms with E-state index >= 15 is 0 Å². The molecule has 0 radical (unpaired) electrons. The Balaban J connectivity index is 1.66. The Morgan fingerprint density at radius 2 is 1.91 bits per heavy atom. The smallest absolute Gasteiger partial charge is 0.232 e. The van der Waals surface area contributed by atoms with Crippen LogP contribution < -0.4 is 19.1 Å². The molecular formula is C25H34N2O5S. The van der Waals surface area contributed by atoms with Gasteiger partial charge in [-0.05, 0) is 37.5 Å². The molecule has 1 amide bonds. The van der Waals surface area contributed by atoms with E-state index in [4.69, 9.17) is 9.47 Å². The van der Waals surface area contributed by atoms with Crippen LogP contribution in [0.25, 0.3) is 0 Å². The molecule has 1 aliphatic rings. The van der Waals surface area contributed by atoms with Crippen molar-refractivity contribution in [1.82, 2.24) is 5.32 Å². The second-order valence-corrected chi connectivity index (χ2v) is 10.4. The molecule has 0 aliphatic carbocycles. The van der Waals surface area contributed by atoms with Gasteiger partial charge >= 0.3 is 0 Å². The molecular weight excluding hydrogens is 440 g/mol. The van der Waals surface area contributed by atoms with Crippen LogP contribution in [0.1, 0.15) is 57.6 Å². The molecule has 0 fully saturated rings. The van der Waals surface area contributed by atoms with Crippen LogP contribution in [0.15, 0.2) is 48.5 Å². The minimum absolute atomic E-state index is 0.100. The Bertz CT molecular complexity index is 1070. The van der Waals surface area contributed by atoms with E-state index < -0.39 is 10.0 Å². The van der Waals surface area contributed by atoms with E-state index in [1.807, 2.05) is 24.3 Å². The average molecular weight is 475 g/mol. The fourth-order valence-electron chi connectivity index (χ4n) is 4.33. The van der Waals surface area contributed by atoms with Gasteiger partial charge in [-0.25, -0.2) is 8.42 Å². The normalized spacial score (nSPS) is 16.9. The Hall–Kier alpha value is -2.74. The molecule has 1 N–H and O–H groups in total. The predicted molar refractivity (Wildman–Crippen MR) is 130 cm³/mol. The highest BCUT2D eigenvalue weighted by Crippen LogP contribution is 2.42. The van der Waals surface area contributed by atoms with Gasteiger partial charge in [0.25, 0.3) is 0 Å². The zero-order chi connectivity index (χ0) is 24.1. The fraction of sp³-hybridized carbons (Fsp3) is 0.480. The number of methoxy groups -OCH3 is 1. The maximum Gasteiger partial charge on any atom is 0.232 e. The first-order valence-corrected chi connectivity index (χ1v) is 13.2. The van der Waals surface area contributed by atoms with Crippen LogP contribution in [0, 0.1) is 0 Å². The number of ether oxygens (including phenoxy) is 2. The number of amides is 1. The van der Waals surface area contributed by atoms with Gasteiger partial charge in [0.2, 0.25) is 15.9 Å². The summed E-state index contributed by atoms with van der Waals surface area (Å²) in [5.41, 5.74) is 1.20. The van der Waals surface area contributed by atoms with Gasteiger partial charge in [-0.15, -0.1) is 0 Å². The molecule has 0 spiro atoms. The van der Waals surface area contributed by atoms with Gasteiger partial charge in [-0.1, -0.05) is 38.1 Å². The Kier molecular flexibility index (Phi) is 7.89. The molecule has 1 aliphatic heterocycles. The number of benzene rings is 2. The summed E-state index contributed by atoms with van der Waals surface area (Å²) in [6.07, 6.45) is 4.21. The summed E-state index contributed by atoms with van der Waals surface area (Å²) in [5.74, 6) is 1.29. The van der Waals surface area contributed by atoms with Crippen molar-refractivity contribution in [3.63, 3.8) is 0 Å². The van der Waals surface area contributed by atoms with E-state index in [-0.39, 0.29) is 30.5 Å². The molecule has 7 nitrogen and oxygen atoms in total. The molecule has 0 saturated heterocycles. The maximum absolute atomic E-state index is 12.8. The molecule has 8 heteroatoms. The van der Waals surface area contributed by atoms with Crippen molar-refractivity contribution in [2.75, 3.05) is 24.2 Å². The Morgan fingerprint density at radius 3 is 2.58 bits per heavy atom. The number of carbonyl (C=O) groups is 1. The minimum Gasteiger partial charge on any atom is -0.497 e. The lowest BCUT2D eigenvalue weighted by atomic mass is 9.83. The largest absolute Gasteiger partial charge is 0.497 e. The summed E-state index contributed by atoms with van der Waals surface area (Å²) in [6.45, 7) is 4.42. The van der Waals surface area contributed by atoms with Crippen LogP contribution in [-0.4, -0.2) is 39.8 Å². The SMILES string of the molecule is CCC1(CC)C[C@H](NC(=O)CCCN(c2cccc(OC)c2)S(C)(=O)=O)c2ccccc2O1. The van der Waals surface area contributed by atoms with Crippen molar-refractivity contribution < 1.29 is 22.7 Å². The van der Waals surface area contributed by atoms with E-state index in [1.54, 1.807) is 24.3 Å². The second-order valence-electron chi connectivity index (χ2n) is 8.49. The lowest BCUT2D eigenvalue weighted by Gasteiger charge is -2.41. The first kappa shape index (κ1) is 24.9. The number of nitrogens with zero attached hydrogens (tertiary/aromatic N) is 1. The maximum atomic E-state index is 12.8. The van der Waals surface area contributed by atoms with Crippen molar-refractivity contribution in [3.8, 4) is 11.5 Å². The highest BCUT2D eigenvalue weighted by Gasteiger charge is 2.38.